The zero-order valence-electron chi connectivity index (χ0n) is 20.5. The molecule has 0 radical (unpaired) electrons. The van der Waals surface area contributed by atoms with Crippen molar-refractivity contribution in [2.45, 2.75) is 51.6 Å². The van der Waals surface area contributed by atoms with Crippen molar-refractivity contribution < 1.29 is 18.3 Å². The molecule has 1 unspecified atom stereocenters. The fourth-order valence-electron chi connectivity index (χ4n) is 4.79. The molecule has 1 aliphatic rings. The molecule has 4 rings (SSSR count). The van der Waals surface area contributed by atoms with E-state index >= 15 is 0 Å². The van der Waals surface area contributed by atoms with E-state index in [1.54, 1.807) is 24.5 Å². The summed E-state index contributed by atoms with van der Waals surface area (Å²) in [6, 6.07) is 9.01. The van der Waals surface area contributed by atoms with Gasteiger partial charge in [0.15, 0.2) is 11.6 Å². The van der Waals surface area contributed by atoms with Crippen LogP contribution < -0.4 is 10.1 Å². The summed E-state index contributed by atoms with van der Waals surface area (Å²) in [5.41, 5.74) is 2.53. The predicted molar refractivity (Wildman–Crippen MR) is 135 cm³/mol. The summed E-state index contributed by atoms with van der Waals surface area (Å²) in [6.45, 7) is 7.82. The first-order chi connectivity index (χ1) is 16.7. The highest BCUT2D eigenvalue weighted by atomic mass is 32.1. The highest BCUT2D eigenvalue weighted by molar-refractivity contribution is 7.09. The Morgan fingerprint density at radius 2 is 1.91 bits per heavy atom. The van der Waals surface area contributed by atoms with Crippen molar-refractivity contribution in [1.82, 2.24) is 15.2 Å². The van der Waals surface area contributed by atoms with Gasteiger partial charge in [0, 0.05) is 22.0 Å². The topological polar surface area (TPSA) is 54.5 Å². The number of thiazole rings is 1. The maximum Gasteiger partial charge on any atom is 0.225 e. The molecule has 0 saturated carbocycles. The first kappa shape index (κ1) is 25.3. The first-order valence-electron chi connectivity index (χ1n) is 11.8. The highest BCUT2D eigenvalue weighted by Crippen LogP contribution is 2.35. The molecule has 5 nitrogen and oxygen atoms in total. The van der Waals surface area contributed by atoms with E-state index in [9.17, 15) is 13.6 Å². The zero-order valence-corrected chi connectivity index (χ0v) is 21.3. The Morgan fingerprint density at radius 3 is 2.54 bits per heavy atom. The third-order valence-corrected chi connectivity index (χ3v) is 7.53. The van der Waals surface area contributed by atoms with E-state index in [1.807, 2.05) is 44.4 Å². The quantitative estimate of drug-likeness (QED) is 0.433. The second kappa shape index (κ2) is 10.4. The Labute approximate surface area is 209 Å². The average molecular weight is 500 g/mol. The van der Waals surface area contributed by atoms with Gasteiger partial charge in [-0.15, -0.1) is 11.3 Å². The van der Waals surface area contributed by atoms with Crippen molar-refractivity contribution in [2.75, 3.05) is 20.2 Å². The predicted octanol–water partition coefficient (Wildman–Crippen LogP) is 5.68. The number of ether oxygens (including phenoxy) is 1. The second-order valence-corrected chi connectivity index (χ2v) is 10.5. The molecular formula is C27H31F2N3O2S. The smallest absolute Gasteiger partial charge is 0.225 e. The number of benzene rings is 2. The Kier molecular flexibility index (Phi) is 7.52. The number of hydrogen-bond acceptors (Lipinski definition) is 5. The molecule has 2 heterocycles. The van der Waals surface area contributed by atoms with Gasteiger partial charge in [-0.3, -0.25) is 9.69 Å². The largest absolute Gasteiger partial charge is 0.496 e. The van der Waals surface area contributed by atoms with Crippen LogP contribution in [0, 0.1) is 18.6 Å². The standard InChI is InChI=1S/C27H31F2N3O2S/c1-17-30-23(16-35-17)18-8-10-24(34-4)20(13-18)15-25(33)31-26(19-7-9-21(28)22(29)14-19)27(2,3)32-11-5-6-12-32/h7-10,13-14,16,26H,5-6,11-12,15H2,1-4H3,(H,31,33). The molecule has 1 fully saturated rings. The van der Waals surface area contributed by atoms with Crippen LogP contribution >= 0.6 is 11.3 Å². The average Bonchev–Trinajstić information content (AvgIpc) is 3.52. The van der Waals surface area contributed by atoms with Crippen LogP contribution in [0.3, 0.4) is 0 Å². The van der Waals surface area contributed by atoms with Crippen LogP contribution in [-0.2, 0) is 11.2 Å². The lowest BCUT2D eigenvalue weighted by molar-refractivity contribution is -0.122. The van der Waals surface area contributed by atoms with Crippen molar-refractivity contribution in [3.05, 3.63) is 69.5 Å². The van der Waals surface area contributed by atoms with Gasteiger partial charge in [0.25, 0.3) is 0 Å². The lowest BCUT2D eigenvalue weighted by Gasteiger charge is -2.42. The van der Waals surface area contributed by atoms with E-state index < -0.39 is 23.2 Å². The summed E-state index contributed by atoms with van der Waals surface area (Å²) in [5, 5.41) is 6.07. The highest BCUT2D eigenvalue weighted by Gasteiger charge is 2.39. The zero-order chi connectivity index (χ0) is 25.2. The summed E-state index contributed by atoms with van der Waals surface area (Å²) in [5.74, 6) is -1.44. The van der Waals surface area contributed by atoms with Crippen LogP contribution in [0.2, 0.25) is 0 Å². The molecule has 0 bridgehead atoms. The van der Waals surface area contributed by atoms with E-state index in [1.165, 1.54) is 6.07 Å². The maximum atomic E-state index is 14.2. The van der Waals surface area contributed by atoms with E-state index in [-0.39, 0.29) is 12.3 Å². The van der Waals surface area contributed by atoms with Gasteiger partial charge in [0.1, 0.15) is 5.75 Å². The van der Waals surface area contributed by atoms with Crippen LogP contribution in [0.25, 0.3) is 11.3 Å². The molecule has 1 saturated heterocycles. The van der Waals surface area contributed by atoms with Crippen LogP contribution in [0.4, 0.5) is 8.78 Å². The summed E-state index contributed by atoms with van der Waals surface area (Å²) in [7, 11) is 1.57. The molecule has 2 aromatic carbocycles. The fraction of sp³-hybridized carbons (Fsp3) is 0.407. The molecule has 0 spiro atoms. The molecule has 1 amide bonds. The Bertz CT molecular complexity index is 1200. The minimum Gasteiger partial charge on any atom is -0.496 e. The molecule has 8 heteroatoms. The minimum atomic E-state index is -0.924. The lowest BCUT2D eigenvalue weighted by Crippen LogP contribution is -2.53. The van der Waals surface area contributed by atoms with Crippen molar-refractivity contribution in [3.8, 4) is 17.0 Å². The van der Waals surface area contributed by atoms with E-state index in [0.29, 0.717) is 11.3 Å². The minimum absolute atomic E-state index is 0.0798. The van der Waals surface area contributed by atoms with Crippen LogP contribution in [0.15, 0.2) is 41.8 Å². The van der Waals surface area contributed by atoms with Gasteiger partial charge in [-0.25, -0.2) is 13.8 Å². The Balaban J connectivity index is 1.62. The summed E-state index contributed by atoms with van der Waals surface area (Å²) < 4.78 is 33.4. The molecular weight excluding hydrogens is 468 g/mol. The summed E-state index contributed by atoms with van der Waals surface area (Å²) in [6.07, 6.45) is 2.22. The first-order valence-corrected chi connectivity index (χ1v) is 12.7. The van der Waals surface area contributed by atoms with E-state index in [0.717, 1.165) is 53.8 Å². The summed E-state index contributed by atoms with van der Waals surface area (Å²) >= 11 is 1.57. The molecule has 1 atom stereocenters. The molecule has 1 aromatic heterocycles. The number of aryl methyl sites for hydroxylation is 1. The van der Waals surface area contributed by atoms with E-state index in [2.05, 4.69) is 15.2 Å². The number of carbonyl (C=O) groups excluding carboxylic acids is 1. The SMILES string of the molecule is COc1ccc(-c2csc(C)n2)cc1CC(=O)NC(c1ccc(F)c(F)c1)C(C)(C)N1CCCC1. The molecule has 1 N–H and O–H groups in total. The van der Waals surface area contributed by atoms with Crippen molar-refractivity contribution in [1.29, 1.82) is 0 Å². The van der Waals surface area contributed by atoms with Gasteiger partial charge in [0.2, 0.25) is 5.91 Å². The number of nitrogens with one attached hydrogen (secondary N) is 1. The van der Waals surface area contributed by atoms with E-state index in [4.69, 9.17) is 4.74 Å². The molecule has 0 aliphatic carbocycles. The maximum absolute atomic E-state index is 14.2. The van der Waals surface area contributed by atoms with Gasteiger partial charge in [-0.2, -0.15) is 0 Å². The van der Waals surface area contributed by atoms with Crippen molar-refractivity contribution in [2.24, 2.45) is 0 Å². The normalized spacial score (nSPS) is 15.3. The van der Waals surface area contributed by atoms with Gasteiger partial charge >= 0.3 is 0 Å². The number of carbonyl (C=O) groups is 1. The lowest BCUT2D eigenvalue weighted by atomic mass is 9.86. The van der Waals surface area contributed by atoms with Gasteiger partial charge in [-0.05, 0) is 82.6 Å². The van der Waals surface area contributed by atoms with Crippen LogP contribution in [0.5, 0.6) is 5.75 Å². The number of nitrogens with zero attached hydrogens (tertiary/aromatic N) is 2. The Morgan fingerprint density at radius 1 is 1.17 bits per heavy atom. The molecule has 1 aliphatic heterocycles. The fourth-order valence-corrected chi connectivity index (χ4v) is 5.41. The number of amides is 1. The number of likely N-dealkylation sites (tertiary alicyclic amines) is 1. The monoisotopic (exact) mass is 499 g/mol. The third kappa shape index (κ3) is 5.54. The molecule has 186 valence electrons. The molecule has 35 heavy (non-hydrogen) atoms. The Hall–Kier alpha value is -2.84. The van der Waals surface area contributed by atoms with Gasteiger partial charge in [-0.1, -0.05) is 6.07 Å². The number of aromatic nitrogens is 1. The van der Waals surface area contributed by atoms with Crippen LogP contribution in [-0.4, -0.2) is 41.5 Å². The number of halogens is 2. The van der Waals surface area contributed by atoms with Gasteiger partial charge < -0.3 is 10.1 Å². The number of methoxy groups -OCH3 is 1. The number of hydrogen-bond donors (Lipinski definition) is 1. The van der Waals surface area contributed by atoms with Gasteiger partial charge in [0.05, 0.1) is 30.3 Å². The third-order valence-electron chi connectivity index (χ3n) is 6.76. The van der Waals surface area contributed by atoms with Crippen LogP contribution in [0.1, 0.15) is 48.9 Å². The number of rotatable bonds is 8. The second-order valence-electron chi connectivity index (χ2n) is 9.48. The van der Waals surface area contributed by atoms with Crippen molar-refractivity contribution in [3.63, 3.8) is 0 Å². The summed E-state index contributed by atoms with van der Waals surface area (Å²) in [4.78, 5) is 20.2. The molecule has 3 aromatic rings. The van der Waals surface area contributed by atoms with Crippen molar-refractivity contribution >= 4 is 17.2 Å².